The van der Waals surface area contributed by atoms with Crippen molar-refractivity contribution in [2.75, 3.05) is 0 Å². The first-order chi connectivity index (χ1) is 6.89. The smallest absolute Gasteiger partial charge is 0.333 e. The SMILES string of the molecule is FC(F)(F)c1nc2ccc(Cl)c(Cl)c2[nH]1. The molecular formula is C8H3Cl2F3N2. The van der Waals surface area contributed by atoms with Crippen molar-refractivity contribution in [2.24, 2.45) is 0 Å². The summed E-state index contributed by atoms with van der Waals surface area (Å²) in [5.41, 5.74) is 0.230. The van der Waals surface area contributed by atoms with Crippen LogP contribution in [0.15, 0.2) is 12.1 Å². The topological polar surface area (TPSA) is 28.7 Å². The second-order valence-electron chi connectivity index (χ2n) is 2.84. The molecule has 0 aliphatic rings. The highest BCUT2D eigenvalue weighted by atomic mass is 35.5. The molecule has 0 aliphatic heterocycles. The number of fused-ring (bicyclic) bond motifs is 1. The molecule has 15 heavy (non-hydrogen) atoms. The molecule has 7 heteroatoms. The monoisotopic (exact) mass is 254 g/mol. The molecule has 1 N–H and O–H groups in total. The van der Waals surface area contributed by atoms with E-state index in [-0.39, 0.29) is 21.1 Å². The van der Waals surface area contributed by atoms with E-state index in [1.807, 2.05) is 0 Å². The van der Waals surface area contributed by atoms with Crippen molar-refractivity contribution in [3.8, 4) is 0 Å². The number of alkyl halides is 3. The first-order valence-electron chi connectivity index (χ1n) is 3.80. The van der Waals surface area contributed by atoms with Crippen molar-refractivity contribution < 1.29 is 13.2 Å². The fraction of sp³-hybridized carbons (Fsp3) is 0.125. The fourth-order valence-corrected chi connectivity index (χ4v) is 1.52. The molecule has 0 spiro atoms. The van der Waals surface area contributed by atoms with Gasteiger partial charge in [-0.25, -0.2) is 4.98 Å². The number of aromatic nitrogens is 2. The van der Waals surface area contributed by atoms with Gasteiger partial charge in [0, 0.05) is 0 Å². The second-order valence-corrected chi connectivity index (χ2v) is 3.62. The number of nitrogens with zero attached hydrogens (tertiary/aromatic N) is 1. The number of hydrogen-bond donors (Lipinski definition) is 1. The van der Waals surface area contributed by atoms with Gasteiger partial charge in [-0.2, -0.15) is 13.2 Å². The molecule has 80 valence electrons. The van der Waals surface area contributed by atoms with Crippen LogP contribution < -0.4 is 0 Å². The zero-order valence-corrected chi connectivity index (χ0v) is 8.50. The van der Waals surface area contributed by atoms with Crippen LogP contribution in [-0.4, -0.2) is 9.97 Å². The minimum Gasteiger partial charge on any atom is -0.333 e. The van der Waals surface area contributed by atoms with Crippen molar-refractivity contribution in [1.29, 1.82) is 0 Å². The van der Waals surface area contributed by atoms with Crippen LogP contribution in [0.25, 0.3) is 11.0 Å². The summed E-state index contributed by atoms with van der Waals surface area (Å²) in [6.07, 6.45) is -4.52. The molecule has 1 heterocycles. The number of hydrogen-bond acceptors (Lipinski definition) is 1. The predicted octanol–water partition coefficient (Wildman–Crippen LogP) is 3.89. The molecule has 2 aromatic rings. The summed E-state index contributed by atoms with van der Waals surface area (Å²) in [5, 5.41) is 0.221. The molecule has 0 unspecified atom stereocenters. The molecule has 0 radical (unpaired) electrons. The molecule has 0 fully saturated rings. The number of aromatic amines is 1. The van der Waals surface area contributed by atoms with Crippen molar-refractivity contribution in [1.82, 2.24) is 9.97 Å². The fourth-order valence-electron chi connectivity index (χ4n) is 1.15. The van der Waals surface area contributed by atoms with Crippen LogP contribution >= 0.6 is 23.2 Å². The Labute approximate surface area is 92.0 Å². The molecule has 0 amide bonds. The zero-order valence-electron chi connectivity index (χ0n) is 6.99. The third kappa shape index (κ3) is 1.77. The number of imidazole rings is 1. The third-order valence-electron chi connectivity index (χ3n) is 1.82. The Morgan fingerprint density at radius 3 is 2.47 bits per heavy atom. The van der Waals surface area contributed by atoms with Crippen LogP contribution in [0.2, 0.25) is 10.0 Å². The quantitative estimate of drug-likeness (QED) is 0.760. The summed E-state index contributed by atoms with van der Waals surface area (Å²) in [6.45, 7) is 0. The lowest BCUT2D eigenvalue weighted by atomic mass is 10.3. The summed E-state index contributed by atoms with van der Waals surface area (Å²) in [6, 6.07) is 2.77. The van der Waals surface area contributed by atoms with Crippen molar-refractivity contribution >= 4 is 34.2 Å². The van der Waals surface area contributed by atoms with E-state index in [1.54, 1.807) is 0 Å². The maximum Gasteiger partial charge on any atom is 0.449 e. The van der Waals surface area contributed by atoms with Crippen molar-refractivity contribution in [2.45, 2.75) is 6.18 Å². The molecule has 0 saturated carbocycles. The number of nitrogens with one attached hydrogen (secondary N) is 1. The molecule has 1 aromatic carbocycles. The lowest BCUT2D eigenvalue weighted by Gasteiger charge is -1.99. The van der Waals surface area contributed by atoms with Crippen LogP contribution in [0.1, 0.15) is 5.82 Å². The number of H-pyrrole nitrogens is 1. The minimum absolute atomic E-state index is 0.0390. The van der Waals surface area contributed by atoms with E-state index < -0.39 is 12.0 Å². The van der Waals surface area contributed by atoms with Gasteiger partial charge in [-0.15, -0.1) is 0 Å². The Balaban J connectivity index is 2.72. The Morgan fingerprint density at radius 1 is 1.20 bits per heavy atom. The van der Waals surface area contributed by atoms with E-state index >= 15 is 0 Å². The van der Waals surface area contributed by atoms with E-state index in [1.165, 1.54) is 12.1 Å². The zero-order chi connectivity index (χ0) is 11.2. The van der Waals surface area contributed by atoms with Crippen LogP contribution in [-0.2, 0) is 6.18 Å². The second kappa shape index (κ2) is 3.28. The molecule has 2 rings (SSSR count). The maximum atomic E-state index is 12.3. The molecule has 1 aromatic heterocycles. The van der Waals surface area contributed by atoms with Crippen LogP contribution in [0.3, 0.4) is 0 Å². The highest BCUT2D eigenvalue weighted by molar-refractivity contribution is 6.44. The number of benzene rings is 1. The molecule has 0 bridgehead atoms. The average Bonchev–Trinajstić information content (AvgIpc) is 2.55. The van der Waals surface area contributed by atoms with Gasteiger partial charge < -0.3 is 4.98 Å². The van der Waals surface area contributed by atoms with E-state index in [0.29, 0.717) is 0 Å². The van der Waals surface area contributed by atoms with Gasteiger partial charge >= 0.3 is 6.18 Å². The highest BCUT2D eigenvalue weighted by Gasteiger charge is 2.35. The minimum atomic E-state index is -4.52. The van der Waals surface area contributed by atoms with E-state index in [0.717, 1.165) is 0 Å². The lowest BCUT2D eigenvalue weighted by molar-refractivity contribution is -0.144. The highest BCUT2D eigenvalue weighted by Crippen LogP contribution is 2.33. The Morgan fingerprint density at radius 2 is 1.87 bits per heavy atom. The van der Waals surface area contributed by atoms with E-state index in [4.69, 9.17) is 23.2 Å². The lowest BCUT2D eigenvalue weighted by Crippen LogP contribution is -2.06. The van der Waals surface area contributed by atoms with Gasteiger partial charge in [0.1, 0.15) is 0 Å². The Bertz CT molecular complexity index is 518. The molecule has 0 aliphatic carbocycles. The van der Waals surface area contributed by atoms with Gasteiger partial charge in [0.05, 0.1) is 21.1 Å². The van der Waals surface area contributed by atoms with Crippen molar-refractivity contribution in [3.05, 3.63) is 28.0 Å². The normalized spacial score (nSPS) is 12.3. The maximum absolute atomic E-state index is 12.3. The number of halogens is 5. The first kappa shape index (κ1) is 10.6. The molecular weight excluding hydrogens is 252 g/mol. The van der Waals surface area contributed by atoms with E-state index in [2.05, 4.69) is 9.97 Å². The molecule has 2 nitrogen and oxygen atoms in total. The van der Waals surface area contributed by atoms with Crippen LogP contribution in [0, 0.1) is 0 Å². The molecule has 0 atom stereocenters. The first-order valence-corrected chi connectivity index (χ1v) is 4.56. The van der Waals surface area contributed by atoms with Crippen LogP contribution in [0.5, 0.6) is 0 Å². The van der Waals surface area contributed by atoms with Gasteiger partial charge in [-0.3, -0.25) is 0 Å². The standard InChI is InChI=1S/C8H3Cl2F3N2/c9-3-1-2-4-6(5(3)10)15-7(14-4)8(11,12)13/h1-2H,(H,14,15). The summed E-state index contributed by atoms with van der Waals surface area (Å²) in [5.74, 6) is -1.08. The Kier molecular flexibility index (Phi) is 2.31. The Hall–Kier alpha value is -0.940. The van der Waals surface area contributed by atoms with Gasteiger partial charge in [0.15, 0.2) is 0 Å². The van der Waals surface area contributed by atoms with Gasteiger partial charge in [0.25, 0.3) is 0 Å². The summed E-state index contributed by atoms with van der Waals surface area (Å²) < 4.78 is 36.9. The summed E-state index contributed by atoms with van der Waals surface area (Å²) >= 11 is 11.4. The summed E-state index contributed by atoms with van der Waals surface area (Å²) in [7, 11) is 0. The largest absolute Gasteiger partial charge is 0.449 e. The van der Waals surface area contributed by atoms with Gasteiger partial charge in [-0.1, -0.05) is 23.2 Å². The van der Waals surface area contributed by atoms with Crippen LogP contribution in [0.4, 0.5) is 13.2 Å². The van der Waals surface area contributed by atoms with Gasteiger partial charge in [0.2, 0.25) is 5.82 Å². The number of rotatable bonds is 0. The average molecular weight is 255 g/mol. The van der Waals surface area contributed by atoms with E-state index in [9.17, 15) is 13.2 Å². The predicted molar refractivity (Wildman–Crippen MR) is 51.1 cm³/mol. The molecule has 0 saturated heterocycles. The summed E-state index contributed by atoms with van der Waals surface area (Å²) in [4.78, 5) is 5.45. The third-order valence-corrected chi connectivity index (χ3v) is 2.62. The van der Waals surface area contributed by atoms with Crippen molar-refractivity contribution in [3.63, 3.8) is 0 Å². The van der Waals surface area contributed by atoms with Gasteiger partial charge in [-0.05, 0) is 12.1 Å².